The largest absolute Gasteiger partial charge is 0.368 e. The van der Waals surface area contributed by atoms with Crippen molar-refractivity contribution < 1.29 is 9.59 Å². The van der Waals surface area contributed by atoms with Crippen molar-refractivity contribution in [2.45, 2.75) is 50.3 Å². The summed E-state index contributed by atoms with van der Waals surface area (Å²) in [6, 6.07) is 7.43. The molecule has 1 unspecified atom stereocenters. The molecule has 1 aromatic carbocycles. The van der Waals surface area contributed by atoms with Gasteiger partial charge in [0.2, 0.25) is 11.8 Å². The van der Waals surface area contributed by atoms with Gasteiger partial charge in [0, 0.05) is 16.7 Å². The van der Waals surface area contributed by atoms with Crippen molar-refractivity contribution in [1.29, 1.82) is 0 Å². The lowest BCUT2D eigenvalue weighted by Gasteiger charge is -2.30. The lowest BCUT2D eigenvalue weighted by molar-refractivity contribution is -0.123. The molecule has 0 aliphatic carbocycles. The minimum atomic E-state index is -0.544. The van der Waals surface area contributed by atoms with Crippen LogP contribution in [-0.2, 0) is 9.59 Å². The molecule has 0 aromatic heterocycles. The molecule has 0 saturated heterocycles. The average molecular weight is 350 g/mol. The number of hydrogen-bond acceptors (Lipinski definition) is 4. The Morgan fingerprint density at radius 2 is 2.04 bits per heavy atom. The molecule has 0 fully saturated rings. The fourth-order valence-electron chi connectivity index (χ4n) is 2.86. The monoisotopic (exact) mass is 349 g/mol. The Kier molecular flexibility index (Phi) is 5.93. The standard InChI is InChI=1S/C18H27N3O2S/c1-12-9-10-21(13-7-5-6-8-14(13)24-12)15(22)11-20-16(17(19)23)18(2,3)4/h5-8,12,16,20H,9-11H2,1-4H3,(H2,19,23)/t12?,16-/m1/s1. The minimum absolute atomic E-state index is 0.0346. The number of fused-ring (bicyclic) bond motifs is 1. The number of nitrogens with one attached hydrogen (secondary N) is 1. The normalized spacial score (nSPS) is 19.3. The zero-order valence-corrected chi connectivity index (χ0v) is 15.7. The molecule has 5 nitrogen and oxygen atoms in total. The van der Waals surface area contributed by atoms with Crippen LogP contribution in [0.2, 0.25) is 0 Å². The van der Waals surface area contributed by atoms with Crippen molar-refractivity contribution >= 4 is 29.3 Å². The summed E-state index contributed by atoms with van der Waals surface area (Å²) in [5, 5.41) is 3.51. The van der Waals surface area contributed by atoms with Gasteiger partial charge in [0.15, 0.2) is 0 Å². The maximum atomic E-state index is 12.8. The summed E-state index contributed by atoms with van der Waals surface area (Å²) < 4.78 is 0. The molecule has 2 atom stereocenters. The van der Waals surface area contributed by atoms with E-state index in [9.17, 15) is 9.59 Å². The van der Waals surface area contributed by atoms with E-state index < -0.39 is 11.9 Å². The minimum Gasteiger partial charge on any atom is -0.368 e. The zero-order valence-electron chi connectivity index (χ0n) is 14.8. The fourth-order valence-corrected chi connectivity index (χ4v) is 3.98. The molecule has 1 heterocycles. The molecule has 2 amide bonds. The quantitative estimate of drug-likeness (QED) is 0.875. The highest BCUT2D eigenvalue weighted by Crippen LogP contribution is 2.37. The molecular weight excluding hydrogens is 322 g/mol. The van der Waals surface area contributed by atoms with Crippen LogP contribution in [0.15, 0.2) is 29.2 Å². The first-order chi connectivity index (χ1) is 11.2. The summed E-state index contributed by atoms with van der Waals surface area (Å²) in [5.41, 5.74) is 6.09. The fraction of sp³-hybridized carbons (Fsp3) is 0.556. The number of nitrogens with two attached hydrogens (primary N) is 1. The van der Waals surface area contributed by atoms with Gasteiger partial charge in [-0.25, -0.2) is 0 Å². The Morgan fingerprint density at radius 1 is 1.38 bits per heavy atom. The summed E-state index contributed by atoms with van der Waals surface area (Å²) in [6.07, 6.45) is 0.934. The Balaban J connectivity index is 2.13. The molecule has 1 aliphatic heterocycles. The van der Waals surface area contributed by atoms with E-state index in [0.29, 0.717) is 11.8 Å². The van der Waals surface area contributed by atoms with E-state index in [2.05, 4.69) is 18.3 Å². The van der Waals surface area contributed by atoms with Crippen LogP contribution in [0.1, 0.15) is 34.1 Å². The Bertz CT molecular complexity index is 613. The number of carbonyl (C=O) groups is 2. The second kappa shape index (κ2) is 7.57. The third-order valence-corrected chi connectivity index (χ3v) is 5.39. The predicted molar refractivity (Wildman–Crippen MR) is 99.2 cm³/mol. The van der Waals surface area contributed by atoms with E-state index in [-0.39, 0.29) is 17.9 Å². The number of amides is 2. The highest BCUT2D eigenvalue weighted by Gasteiger charge is 2.31. The Labute approximate surface area is 148 Å². The van der Waals surface area contributed by atoms with E-state index in [4.69, 9.17) is 5.73 Å². The third-order valence-electron chi connectivity index (χ3n) is 4.15. The van der Waals surface area contributed by atoms with Gasteiger partial charge in [0.25, 0.3) is 0 Å². The number of primary amides is 1. The number of carbonyl (C=O) groups excluding carboxylic acids is 2. The van der Waals surface area contributed by atoms with Gasteiger partial charge in [-0.2, -0.15) is 0 Å². The molecule has 132 valence electrons. The average Bonchev–Trinajstić information content (AvgIpc) is 2.63. The maximum absolute atomic E-state index is 12.8. The molecule has 1 aliphatic rings. The van der Waals surface area contributed by atoms with Crippen LogP contribution in [0.4, 0.5) is 5.69 Å². The van der Waals surface area contributed by atoms with Gasteiger partial charge in [0.05, 0.1) is 18.3 Å². The molecule has 6 heteroatoms. The predicted octanol–water partition coefficient (Wildman–Crippen LogP) is 2.39. The summed E-state index contributed by atoms with van der Waals surface area (Å²) in [5.74, 6) is -0.469. The Morgan fingerprint density at radius 3 is 2.67 bits per heavy atom. The van der Waals surface area contributed by atoms with E-state index in [1.807, 2.05) is 43.9 Å². The van der Waals surface area contributed by atoms with Crippen molar-refractivity contribution in [2.24, 2.45) is 11.1 Å². The highest BCUT2D eigenvalue weighted by molar-refractivity contribution is 8.00. The van der Waals surface area contributed by atoms with Crippen molar-refractivity contribution in [3.8, 4) is 0 Å². The summed E-state index contributed by atoms with van der Waals surface area (Å²) in [6.45, 7) is 8.75. The first kappa shape index (κ1) is 18.8. The number of para-hydroxylation sites is 1. The first-order valence-electron chi connectivity index (χ1n) is 8.29. The molecule has 0 spiro atoms. The molecule has 0 radical (unpaired) electrons. The van der Waals surface area contributed by atoms with Crippen LogP contribution >= 0.6 is 11.8 Å². The third kappa shape index (κ3) is 4.51. The number of hydrogen-bond donors (Lipinski definition) is 2. The van der Waals surface area contributed by atoms with Gasteiger partial charge in [-0.1, -0.05) is 39.8 Å². The Hall–Kier alpha value is -1.53. The number of rotatable bonds is 4. The van der Waals surface area contributed by atoms with Gasteiger partial charge in [0.1, 0.15) is 0 Å². The molecule has 0 bridgehead atoms. The van der Waals surface area contributed by atoms with Gasteiger partial charge in [-0.15, -0.1) is 11.8 Å². The van der Waals surface area contributed by atoms with E-state index in [0.717, 1.165) is 17.0 Å². The number of benzene rings is 1. The lowest BCUT2D eigenvalue weighted by Crippen LogP contribution is -2.53. The van der Waals surface area contributed by atoms with Gasteiger partial charge < -0.3 is 10.6 Å². The van der Waals surface area contributed by atoms with E-state index in [1.165, 1.54) is 0 Å². The molecular formula is C18H27N3O2S. The second-order valence-electron chi connectivity index (χ2n) is 7.31. The van der Waals surface area contributed by atoms with Gasteiger partial charge in [-0.3, -0.25) is 14.9 Å². The summed E-state index contributed by atoms with van der Waals surface area (Å²) in [4.78, 5) is 27.4. The van der Waals surface area contributed by atoms with E-state index >= 15 is 0 Å². The van der Waals surface area contributed by atoms with Crippen LogP contribution in [0, 0.1) is 5.41 Å². The molecule has 24 heavy (non-hydrogen) atoms. The number of nitrogens with zero attached hydrogens (tertiary/aromatic N) is 1. The van der Waals surface area contributed by atoms with Crippen molar-refractivity contribution in [1.82, 2.24) is 5.32 Å². The van der Waals surface area contributed by atoms with Gasteiger partial charge >= 0.3 is 0 Å². The van der Waals surface area contributed by atoms with Crippen LogP contribution in [0.5, 0.6) is 0 Å². The molecule has 0 saturated carbocycles. The van der Waals surface area contributed by atoms with Crippen LogP contribution in [-0.4, -0.2) is 36.2 Å². The number of anilines is 1. The van der Waals surface area contributed by atoms with Crippen molar-refractivity contribution in [2.75, 3.05) is 18.0 Å². The summed E-state index contributed by atoms with van der Waals surface area (Å²) >= 11 is 1.80. The molecule has 1 aromatic rings. The first-order valence-corrected chi connectivity index (χ1v) is 9.17. The van der Waals surface area contributed by atoms with Crippen LogP contribution in [0.3, 0.4) is 0 Å². The topological polar surface area (TPSA) is 75.4 Å². The lowest BCUT2D eigenvalue weighted by atomic mass is 9.86. The van der Waals surface area contributed by atoms with Crippen LogP contribution in [0.25, 0.3) is 0 Å². The highest BCUT2D eigenvalue weighted by atomic mass is 32.2. The van der Waals surface area contributed by atoms with Gasteiger partial charge in [-0.05, 0) is 24.0 Å². The maximum Gasteiger partial charge on any atom is 0.240 e. The molecule has 3 N–H and O–H groups in total. The SMILES string of the molecule is CC1CCN(C(=O)CN[C@H](C(N)=O)C(C)(C)C)c2ccccc2S1. The summed E-state index contributed by atoms with van der Waals surface area (Å²) in [7, 11) is 0. The van der Waals surface area contributed by atoms with Crippen LogP contribution < -0.4 is 16.0 Å². The second-order valence-corrected chi connectivity index (χ2v) is 8.79. The van der Waals surface area contributed by atoms with Crippen molar-refractivity contribution in [3.05, 3.63) is 24.3 Å². The van der Waals surface area contributed by atoms with Crippen molar-refractivity contribution in [3.63, 3.8) is 0 Å². The van der Waals surface area contributed by atoms with E-state index in [1.54, 1.807) is 11.8 Å². The smallest absolute Gasteiger partial charge is 0.240 e. The zero-order chi connectivity index (χ0) is 17.9. The molecule has 2 rings (SSSR count). The number of thioether (sulfide) groups is 1.